The number of amides is 1. The Morgan fingerprint density at radius 1 is 1.03 bits per heavy atom. The van der Waals surface area contributed by atoms with Crippen LogP contribution in [0.3, 0.4) is 0 Å². The SMILES string of the molecule is CC(C)N1C(=O)C2C3OC(C(OS(C)(=O)=O)C31)C2C(=O)Oc1c(F)c(F)c(S(=O)(=O)[O-])c(F)c1F. The van der Waals surface area contributed by atoms with E-state index in [0.717, 1.165) is 0 Å². The van der Waals surface area contributed by atoms with Crippen molar-refractivity contribution in [1.82, 2.24) is 4.90 Å². The van der Waals surface area contributed by atoms with Gasteiger partial charge in [0.05, 0.1) is 24.3 Å². The van der Waals surface area contributed by atoms with Crippen molar-refractivity contribution in [3.8, 4) is 5.75 Å². The van der Waals surface area contributed by atoms with Crippen LogP contribution in [0.5, 0.6) is 5.75 Å². The van der Waals surface area contributed by atoms with Gasteiger partial charge in [-0.05, 0) is 13.8 Å². The number of esters is 1. The van der Waals surface area contributed by atoms with Crippen molar-refractivity contribution in [1.29, 1.82) is 0 Å². The highest BCUT2D eigenvalue weighted by Gasteiger charge is 2.72. The van der Waals surface area contributed by atoms with Gasteiger partial charge in [0.25, 0.3) is 10.1 Å². The zero-order valence-corrected chi connectivity index (χ0v) is 19.5. The Morgan fingerprint density at radius 2 is 1.57 bits per heavy atom. The summed E-state index contributed by atoms with van der Waals surface area (Å²) < 4.78 is 128. The molecule has 6 unspecified atom stereocenters. The molecular weight excluding hydrogens is 530 g/mol. The highest BCUT2D eigenvalue weighted by Crippen LogP contribution is 2.53. The van der Waals surface area contributed by atoms with Crippen LogP contribution >= 0.6 is 0 Å². The Bertz CT molecular complexity index is 1320. The fraction of sp³-hybridized carbons (Fsp3) is 0.556. The summed E-state index contributed by atoms with van der Waals surface area (Å²) in [7, 11) is -10.1. The molecule has 3 heterocycles. The summed E-state index contributed by atoms with van der Waals surface area (Å²) in [5.41, 5.74) is 0. The first-order valence-corrected chi connectivity index (χ1v) is 13.1. The smallest absolute Gasteiger partial charge is 0.318 e. The van der Waals surface area contributed by atoms with Crippen molar-refractivity contribution in [2.45, 2.75) is 49.1 Å². The van der Waals surface area contributed by atoms with Crippen molar-refractivity contribution >= 4 is 32.1 Å². The van der Waals surface area contributed by atoms with Gasteiger partial charge in [-0.3, -0.25) is 13.8 Å². The average molecular weight is 546 g/mol. The van der Waals surface area contributed by atoms with E-state index in [1.165, 1.54) is 4.90 Å². The lowest BCUT2D eigenvalue weighted by Crippen LogP contribution is -2.51. The number of likely N-dealkylation sites (tertiary alicyclic amines) is 1. The molecule has 11 nitrogen and oxygen atoms in total. The van der Waals surface area contributed by atoms with Gasteiger partial charge in [0.15, 0.2) is 11.6 Å². The zero-order valence-electron chi connectivity index (χ0n) is 17.9. The van der Waals surface area contributed by atoms with Gasteiger partial charge >= 0.3 is 5.97 Å². The number of benzene rings is 1. The second-order valence-corrected chi connectivity index (χ2v) is 11.4. The molecule has 0 aromatic heterocycles. The van der Waals surface area contributed by atoms with Crippen molar-refractivity contribution in [3.05, 3.63) is 23.3 Å². The molecule has 0 spiro atoms. The predicted octanol–water partition coefficient (Wildman–Crippen LogP) is 0.0299. The molecule has 1 aromatic carbocycles. The summed E-state index contributed by atoms with van der Waals surface area (Å²) in [4.78, 5) is 24.7. The summed E-state index contributed by atoms with van der Waals surface area (Å²) in [6.07, 6.45) is -3.21. The van der Waals surface area contributed by atoms with Crippen molar-refractivity contribution in [3.63, 3.8) is 0 Å². The monoisotopic (exact) mass is 546 g/mol. The second-order valence-electron chi connectivity index (χ2n) is 8.50. The molecule has 1 amide bonds. The lowest BCUT2D eigenvalue weighted by Gasteiger charge is -2.32. The van der Waals surface area contributed by atoms with E-state index < -0.39 is 108 Å². The van der Waals surface area contributed by atoms with Gasteiger partial charge in [0.1, 0.15) is 33.1 Å². The van der Waals surface area contributed by atoms with Gasteiger partial charge in [0, 0.05) is 6.04 Å². The summed E-state index contributed by atoms with van der Waals surface area (Å²) in [6, 6.07) is -1.41. The maximum Gasteiger partial charge on any atom is 0.318 e. The molecule has 1 aromatic rings. The topological polar surface area (TPSA) is 156 Å². The maximum absolute atomic E-state index is 14.3. The summed E-state index contributed by atoms with van der Waals surface area (Å²) in [6.45, 7) is 3.20. The first-order valence-electron chi connectivity index (χ1n) is 9.86. The molecule has 0 radical (unpaired) electrons. The van der Waals surface area contributed by atoms with E-state index >= 15 is 0 Å². The number of halogens is 4. The number of hydrogen-bond donors (Lipinski definition) is 0. The van der Waals surface area contributed by atoms with Crippen LogP contribution in [0.1, 0.15) is 13.8 Å². The summed E-state index contributed by atoms with van der Waals surface area (Å²) in [5.74, 6) is -17.5. The van der Waals surface area contributed by atoms with Gasteiger partial charge < -0.3 is 18.9 Å². The molecular formula is C18H16F4NO10S2-. The summed E-state index contributed by atoms with van der Waals surface area (Å²) in [5, 5.41) is 0. The largest absolute Gasteiger partial charge is 0.744 e. The van der Waals surface area contributed by atoms with Crippen LogP contribution in [-0.2, 0) is 38.7 Å². The molecule has 17 heteroatoms. The Kier molecular flexibility index (Phi) is 5.95. The van der Waals surface area contributed by atoms with Crippen LogP contribution in [0.4, 0.5) is 17.6 Å². The van der Waals surface area contributed by atoms with Crippen LogP contribution in [0.2, 0.25) is 0 Å². The zero-order chi connectivity index (χ0) is 26.4. The van der Waals surface area contributed by atoms with E-state index in [-0.39, 0.29) is 0 Å². The lowest BCUT2D eigenvalue weighted by atomic mass is 9.78. The molecule has 0 N–H and O–H groups in total. The van der Waals surface area contributed by atoms with Gasteiger partial charge in [-0.1, -0.05) is 0 Å². The molecule has 35 heavy (non-hydrogen) atoms. The van der Waals surface area contributed by atoms with E-state index in [1.54, 1.807) is 13.8 Å². The van der Waals surface area contributed by atoms with Crippen molar-refractivity contribution in [2.24, 2.45) is 11.8 Å². The molecule has 0 aliphatic carbocycles. The second kappa shape index (κ2) is 8.09. The molecule has 194 valence electrons. The Balaban J connectivity index is 1.74. The third kappa shape index (κ3) is 3.89. The standard InChI is InChI=1S/C18H17F4NO10S2/c1-4(2)23-11-12-5(17(23)24)6(13(31-12)15(11)33-34(3,26)27)18(25)32-14-7(19)9(21)16(35(28,29)30)10(22)8(14)20/h4-6,11-13,15H,1-3H3,(H,28,29,30)/p-1. The first-order chi connectivity index (χ1) is 16.0. The minimum atomic E-state index is -5.99. The third-order valence-corrected chi connectivity index (χ3v) is 7.45. The number of hydrogen-bond acceptors (Lipinski definition) is 10. The van der Waals surface area contributed by atoms with Crippen LogP contribution in [0.15, 0.2) is 4.90 Å². The fourth-order valence-corrected chi connectivity index (χ4v) is 6.15. The predicted molar refractivity (Wildman–Crippen MR) is 101 cm³/mol. The van der Waals surface area contributed by atoms with Crippen molar-refractivity contribution in [2.75, 3.05) is 6.26 Å². The lowest BCUT2D eigenvalue weighted by molar-refractivity contribution is -0.146. The molecule has 4 rings (SSSR count). The molecule has 0 saturated carbocycles. The normalized spacial score (nSPS) is 30.0. The summed E-state index contributed by atoms with van der Waals surface area (Å²) >= 11 is 0. The van der Waals surface area contributed by atoms with Gasteiger partial charge in [-0.2, -0.15) is 17.2 Å². The van der Waals surface area contributed by atoms with E-state index in [4.69, 9.17) is 8.92 Å². The van der Waals surface area contributed by atoms with Gasteiger partial charge in [-0.25, -0.2) is 17.2 Å². The number of rotatable bonds is 6. The van der Waals surface area contributed by atoms with E-state index in [1.807, 2.05) is 0 Å². The van der Waals surface area contributed by atoms with Crippen LogP contribution in [0.25, 0.3) is 0 Å². The van der Waals surface area contributed by atoms with Crippen LogP contribution in [-0.4, -0.2) is 74.8 Å². The molecule has 2 bridgehead atoms. The van der Waals surface area contributed by atoms with Gasteiger partial charge in [-0.15, -0.1) is 0 Å². The molecule has 3 aliphatic heterocycles. The number of fused-ring (bicyclic) bond motifs is 1. The Hall–Kier alpha value is -2.34. The number of nitrogens with zero attached hydrogens (tertiary/aromatic N) is 1. The van der Waals surface area contributed by atoms with Crippen molar-refractivity contribution < 1.29 is 62.2 Å². The molecule has 6 atom stereocenters. The average Bonchev–Trinajstić information content (AvgIpc) is 3.30. The fourth-order valence-electron chi connectivity index (χ4n) is 4.91. The van der Waals surface area contributed by atoms with E-state index in [9.17, 15) is 48.5 Å². The highest BCUT2D eigenvalue weighted by atomic mass is 32.2. The first kappa shape index (κ1) is 25.7. The molecule has 3 fully saturated rings. The van der Waals surface area contributed by atoms with E-state index in [0.29, 0.717) is 6.26 Å². The Labute approximate surface area is 195 Å². The number of carbonyl (C=O) groups excluding carboxylic acids is 2. The number of ether oxygens (including phenoxy) is 2. The van der Waals surface area contributed by atoms with Crippen LogP contribution in [0, 0.1) is 35.1 Å². The number of carbonyl (C=O) groups is 2. The minimum Gasteiger partial charge on any atom is -0.744 e. The Morgan fingerprint density at radius 3 is 2.03 bits per heavy atom. The van der Waals surface area contributed by atoms with Gasteiger partial charge in [0.2, 0.25) is 23.3 Å². The van der Waals surface area contributed by atoms with E-state index in [2.05, 4.69) is 4.74 Å². The molecule has 3 saturated heterocycles. The third-order valence-electron chi connectivity index (χ3n) is 6.02. The quantitative estimate of drug-likeness (QED) is 0.119. The molecule has 3 aliphatic rings. The highest BCUT2D eigenvalue weighted by molar-refractivity contribution is 7.86. The minimum absolute atomic E-state index is 0.498. The van der Waals surface area contributed by atoms with Crippen LogP contribution < -0.4 is 4.74 Å². The maximum atomic E-state index is 14.3.